The summed E-state index contributed by atoms with van der Waals surface area (Å²) in [5.41, 5.74) is 2.11. The second-order valence-corrected chi connectivity index (χ2v) is 6.88. The van der Waals surface area contributed by atoms with Crippen LogP contribution >= 0.6 is 0 Å². The maximum atomic E-state index is 12.6. The maximum Gasteiger partial charge on any atom is 0.317 e. The van der Waals surface area contributed by atoms with Crippen molar-refractivity contribution in [2.24, 2.45) is 0 Å². The van der Waals surface area contributed by atoms with Gasteiger partial charge in [-0.15, -0.1) is 0 Å². The first kappa shape index (κ1) is 17.5. The lowest BCUT2D eigenvalue weighted by Gasteiger charge is -2.39. The first-order valence-electron chi connectivity index (χ1n) is 8.83. The molecule has 0 radical (unpaired) electrons. The predicted molar refractivity (Wildman–Crippen MR) is 98.7 cm³/mol. The number of para-hydroxylation sites is 1. The number of carbonyl (C=O) groups is 1. The van der Waals surface area contributed by atoms with Crippen LogP contribution in [0.25, 0.3) is 5.69 Å². The number of piperidine rings is 1. The summed E-state index contributed by atoms with van der Waals surface area (Å²) in [4.78, 5) is 20.9. The van der Waals surface area contributed by atoms with E-state index in [4.69, 9.17) is 0 Å². The molecule has 6 nitrogen and oxygen atoms in total. The molecule has 1 aromatic heterocycles. The van der Waals surface area contributed by atoms with Crippen molar-refractivity contribution in [2.75, 3.05) is 20.6 Å². The van der Waals surface area contributed by atoms with Crippen molar-refractivity contribution < 1.29 is 4.79 Å². The quantitative estimate of drug-likeness (QED) is 0.930. The van der Waals surface area contributed by atoms with Crippen molar-refractivity contribution >= 4 is 6.03 Å². The lowest BCUT2D eigenvalue weighted by atomic mass is 9.98. The zero-order valence-electron chi connectivity index (χ0n) is 15.2. The molecule has 3 rings (SSSR count). The van der Waals surface area contributed by atoms with E-state index in [1.165, 1.54) is 0 Å². The minimum Gasteiger partial charge on any atom is -0.334 e. The fourth-order valence-electron chi connectivity index (χ4n) is 3.39. The van der Waals surface area contributed by atoms with Crippen molar-refractivity contribution in [2.45, 2.75) is 38.4 Å². The number of imidazole rings is 1. The Kier molecular flexibility index (Phi) is 5.38. The second-order valence-electron chi connectivity index (χ2n) is 6.88. The summed E-state index contributed by atoms with van der Waals surface area (Å²) in [6.45, 7) is 3.76. The lowest BCUT2D eigenvalue weighted by Crippen LogP contribution is -2.50. The molecule has 1 fully saturated rings. The molecule has 25 heavy (non-hydrogen) atoms. The van der Waals surface area contributed by atoms with Gasteiger partial charge in [0.1, 0.15) is 0 Å². The van der Waals surface area contributed by atoms with E-state index in [-0.39, 0.29) is 6.03 Å². The average Bonchev–Trinajstić information content (AvgIpc) is 3.16. The average molecular weight is 341 g/mol. The predicted octanol–water partition coefficient (Wildman–Crippen LogP) is 2.50. The Morgan fingerprint density at radius 1 is 1.40 bits per heavy atom. The fraction of sp³-hybridized carbons (Fsp3) is 0.474. The zero-order valence-corrected chi connectivity index (χ0v) is 15.2. The van der Waals surface area contributed by atoms with E-state index >= 15 is 0 Å². The van der Waals surface area contributed by atoms with Gasteiger partial charge in [0, 0.05) is 44.6 Å². The fourth-order valence-corrected chi connectivity index (χ4v) is 3.39. The number of hydrogen-bond acceptors (Lipinski definition) is 3. The number of benzene rings is 1. The van der Waals surface area contributed by atoms with Crippen LogP contribution in [0, 0.1) is 0 Å². The molecule has 2 atom stereocenters. The molecule has 1 aliphatic rings. The number of urea groups is 1. The third-order valence-electron chi connectivity index (χ3n) is 5.25. The van der Waals surface area contributed by atoms with E-state index in [0.29, 0.717) is 18.6 Å². The summed E-state index contributed by atoms with van der Waals surface area (Å²) < 4.78 is 1.96. The van der Waals surface area contributed by atoms with Crippen LogP contribution < -0.4 is 5.32 Å². The molecule has 2 amide bonds. The van der Waals surface area contributed by atoms with Gasteiger partial charge in [-0.3, -0.25) is 0 Å². The van der Waals surface area contributed by atoms with Crippen LogP contribution in [-0.4, -0.2) is 58.1 Å². The first-order chi connectivity index (χ1) is 12.1. The highest BCUT2D eigenvalue weighted by molar-refractivity contribution is 5.74. The summed E-state index contributed by atoms with van der Waals surface area (Å²) in [5, 5.41) is 3.06. The summed E-state index contributed by atoms with van der Waals surface area (Å²) in [6, 6.07) is 8.85. The van der Waals surface area contributed by atoms with Crippen molar-refractivity contribution in [1.29, 1.82) is 0 Å². The van der Waals surface area contributed by atoms with E-state index in [1.54, 1.807) is 12.5 Å². The third-order valence-corrected chi connectivity index (χ3v) is 5.25. The normalized spacial score (nSPS) is 21.1. The molecule has 1 N–H and O–H groups in total. The Morgan fingerprint density at radius 2 is 2.20 bits per heavy atom. The molecule has 2 heterocycles. The number of hydrogen-bond donors (Lipinski definition) is 1. The molecule has 0 spiro atoms. The number of nitrogens with zero attached hydrogens (tertiary/aromatic N) is 4. The number of likely N-dealkylation sites (tertiary alicyclic amines) is 1. The molecule has 0 aliphatic carbocycles. The van der Waals surface area contributed by atoms with Crippen molar-refractivity contribution in [1.82, 2.24) is 24.7 Å². The van der Waals surface area contributed by atoms with E-state index in [1.807, 2.05) is 47.0 Å². The van der Waals surface area contributed by atoms with E-state index in [2.05, 4.69) is 29.2 Å². The zero-order chi connectivity index (χ0) is 17.8. The van der Waals surface area contributed by atoms with E-state index < -0.39 is 0 Å². The van der Waals surface area contributed by atoms with E-state index in [9.17, 15) is 4.79 Å². The van der Waals surface area contributed by atoms with Gasteiger partial charge in [0.15, 0.2) is 0 Å². The van der Waals surface area contributed by atoms with E-state index in [0.717, 1.165) is 30.6 Å². The lowest BCUT2D eigenvalue weighted by molar-refractivity contribution is 0.115. The Balaban J connectivity index is 1.61. The van der Waals surface area contributed by atoms with Crippen LogP contribution in [-0.2, 0) is 6.54 Å². The minimum absolute atomic E-state index is 0.0119. The molecule has 1 aromatic carbocycles. The van der Waals surface area contributed by atoms with Gasteiger partial charge in [-0.05, 0) is 38.4 Å². The molecular formula is C19H27N5O. The molecule has 1 aliphatic heterocycles. The number of amides is 2. The molecule has 134 valence electrons. The summed E-state index contributed by atoms with van der Waals surface area (Å²) in [6.07, 6.45) is 7.48. The summed E-state index contributed by atoms with van der Waals surface area (Å²) in [5.74, 6) is 0. The topological polar surface area (TPSA) is 53.4 Å². The van der Waals surface area contributed by atoms with Gasteiger partial charge in [-0.25, -0.2) is 9.78 Å². The molecular weight excluding hydrogens is 314 g/mol. The van der Waals surface area contributed by atoms with Crippen molar-refractivity contribution in [3.8, 4) is 5.69 Å². The Hall–Kier alpha value is -2.34. The van der Waals surface area contributed by atoms with Crippen LogP contribution in [0.15, 0.2) is 43.0 Å². The monoisotopic (exact) mass is 341 g/mol. The standard InChI is InChI=1S/C19H27N5O/c1-15-12-17(8-10-22(15)2)23(3)19(25)21-13-16-6-4-5-7-18(16)24-11-9-20-14-24/h4-7,9,11,14-15,17H,8,10,12-13H2,1-3H3,(H,21,25). The summed E-state index contributed by atoms with van der Waals surface area (Å²) >= 11 is 0. The highest BCUT2D eigenvalue weighted by Crippen LogP contribution is 2.20. The van der Waals surface area contributed by atoms with Crippen LogP contribution in [0.3, 0.4) is 0 Å². The third kappa shape index (κ3) is 4.02. The Morgan fingerprint density at radius 3 is 2.92 bits per heavy atom. The second kappa shape index (κ2) is 7.70. The van der Waals surface area contributed by atoms with Gasteiger partial charge < -0.3 is 19.7 Å². The molecule has 0 bridgehead atoms. The Bertz CT molecular complexity index is 700. The Labute approximate surface area is 149 Å². The smallest absolute Gasteiger partial charge is 0.317 e. The number of carbonyl (C=O) groups excluding carboxylic acids is 1. The number of nitrogens with one attached hydrogen (secondary N) is 1. The van der Waals surface area contributed by atoms with Gasteiger partial charge in [-0.1, -0.05) is 18.2 Å². The highest BCUT2D eigenvalue weighted by atomic mass is 16.2. The van der Waals surface area contributed by atoms with Crippen LogP contribution in [0.5, 0.6) is 0 Å². The van der Waals surface area contributed by atoms with Gasteiger partial charge in [0.25, 0.3) is 0 Å². The van der Waals surface area contributed by atoms with Gasteiger partial charge in [0.2, 0.25) is 0 Å². The van der Waals surface area contributed by atoms with Crippen LogP contribution in [0.4, 0.5) is 4.79 Å². The summed E-state index contributed by atoms with van der Waals surface area (Å²) in [7, 11) is 4.05. The highest BCUT2D eigenvalue weighted by Gasteiger charge is 2.27. The maximum absolute atomic E-state index is 12.6. The van der Waals surface area contributed by atoms with Crippen molar-refractivity contribution in [3.05, 3.63) is 48.5 Å². The molecule has 1 saturated heterocycles. The molecule has 6 heteroatoms. The largest absolute Gasteiger partial charge is 0.334 e. The first-order valence-corrected chi connectivity index (χ1v) is 8.83. The molecule has 0 saturated carbocycles. The van der Waals surface area contributed by atoms with Crippen LogP contribution in [0.2, 0.25) is 0 Å². The number of aromatic nitrogens is 2. The minimum atomic E-state index is -0.0119. The van der Waals surface area contributed by atoms with Crippen molar-refractivity contribution in [3.63, 3.8) is 0 Å². The van der Waals surface area contributed by atoms with Gasteiger partial charge in [0.05, 0.1) is 12.0 Å². The van der Waals surface area contributed by atoms with Gasteiger partial charge in [-0.2, -0.15) is 0 Å². The number of rotatable bonds is 4. The molecule has 2 unspecified atom stereocenters. The van der Waals surface area contributed by atoms with Gasteiger partial charge >= 0.3 is 6.03 Å². The molecule has 2 aromatic rings. The van der Waals surface area contributed by atoms with Crippen LogP contribution in [0.1, 0.15) is 25.3 Å². The SMILES string of the molecule is CC1CC(N(C)C(=O)NCc2ccccc2-n2ccnc2)CCN1C.